The summed E-state index contributed by atoms with van der Waals surface area (Å²) in [6.07, 6.45) is 1.64. The van der Waals surface area contributed by atoms with E-state index >= 15 is 0 Å². The van der Waals surface area contributed by atoms with E-state index in [1.807, 2.05) is 18.2 Å². The van der Waals surface area contributed by atoms with E-state index in [-0.39, 0.29) is 11.6 Å². The Bertz CT molecular complexity index is 1250. The lowest BCUT2D eigenvalue weighted by atomic mass is 9.83. The highest BCUT2D eigenvalue weighted by Gasteiger charge is 2.29. The summed E-state index contributed by atoms with van der Waals surface area (Å²) in [7, 11) is 0. The summed E-state index contributed by atoms with van der Waals surface area (Å²) in [4.78, 5) is 25.7. The van der Waals surface area contributed by atoms with Crippen molar-refractivity contribution in [2.24, 2.45) is 0 Å². The first-order chi connectivity index (χ1) is 14.7. The lowest BCUT2D eigenvalue weighted by Crippen LogP contribution is -2.21. The number of hydrogen-bond donors (Lipinski definition) is 0. The van der Waals surface area contributed by atoms with Gasteiger partial charge in [0.2, 0.25) is 0 Å². The van der Waals surface area contributed by atoms with E-state index in [4.69, 9.17) is 0 Å². The summed E-state index contributed by atoms with van der Waals surface area (Å²) < 4.78 is 0. The summed E-state index contributed by atoms with van der Waals surface area (Å²) in [5, 5.41) is 0. The van der Waals surface area contributed by atoms with Gasteiger partial charge in [-0.05, 0) is 41.2 Å². The molecule has 2 heteroatoms. The molecule has 0 bridgehead atoms. The molecule has 0 saturated heterocycles. The van der Waals surface area contributed by atoms with Crippen LogP contribution in [0.3, 0.4) is 0 Å². The molecule has 5 rings (SSSR count). The van der Waals surface area contributed by atoms with Gasteiger partial charge in [0, 0.05) is 22.3 Å². The zero-order valence-electron chi connectivity index (χ0n) is 16.5. The normalized spacial score (nSPS) is 12.4. The number of ketones is 2. The van der Waals surface area contributed by atoms with E-state index in [9.17, 15) is 9.59 Å². The molecule has 2 nitrogen and oxygen atoms in total. The first-order valence-corrected chi connectivity index (χ1v) is 10.1. The van der Waals surface area contributed by atoms with Gasteiger partial charge < -0.3 is 0 Å². The Hall–Kier alpha value is -3.78. The first kappa shape index (κ1) is 18.3. The van der Waals surface area contributed by atoms with Crippen molar-refractivity contribution in [2.75, 3.05) is 0 Å². The highest BCUT2D eigenvalue weighted by Crippen LogP contribution is 2.28. The van der Waals surface area contributed by atoms with Gasteiger partial charge in [0.15, 0.2) is 11.6 Å². The maximum Gasteiger partial charge on any atom is 0.194 e. The van der Waals surface area contributed by atoms with E-state index in [0.29, 0.717) is 22.3 Å². The van der Waals surface area contributed by atoms with Crippen LogP contribution in [0.1, 0.15) is 54.1 Å². The van der Waals surface area contributed by atoms with Crippen LogP contribution in [0.2, 0.25) is 0 Å². The van der Waals surface area contributed by atoms with Crippen molar-refractivity contribution in [3.63, 3.8) is 0 Å². The maximum atomic E-state index is 12.9. The molecular weight excluding hydrogens is 368 g/mol. The minimum Gasteiger partial charge on any atom is -0.289 e. The average Bonchev–Trinajstić information content (AvgIpc) is 2.79. The molecule has 0 radical (unpaired) electrons. The minimum absolute atomic E-state index is 0.0692. The van der Waals surface area contributed by atoms with Crippen LogP contribution >= 0.6 is 0 Å². The van der Waals surface area contributed by atoms with Crippen molar-refractivity contribution in [2.45, 2.75) is 12.8 Å². The molecule has 1 aliphatic carbocycles. The third kappa shape index (κ3) is 3.37. The predicted molar refractivity (Wildman–Crippen MR) is 118 cm³/mol. The molecule has 0 heterocycles. The predicted octanol–water partition coefficient (Wildman–Crippen LogP) is 5.64. The van der Waals surface area contributed by atoms with Gasteiger partial charge in [0.05, 0.1) is 0 Å². The van der Waals surface area contributed by atoms with Crippen LogP contribution in [-0.4, -0.2) is 11.6 Å². The third-order valence-electron chi connectivity index (χ3n) is 5.67. The van der Waals surface area contributed by atoms with Crippen LogP contribution in [0.4, 0.5) is 0 Å². The van der Waals surface area contributed by atoms with Crippen molar-refractivity contribution in [1.29, 1.82) is 0 Å². The first-order valence-electron chi connectivity index (χ1n) is 10.1. The summed E-state index contributed by atoms with van der Waals surface area (Å²) in [6.45, 7) is 0. The van der Waals surface area contributed by atoms with Gasteiger partial charge in [-0.2, -0.15) is 0 Å². The number of carbonyl (C=O) groups excluding carboxylic acids is 2. The molecule has 4 aromatic rings. The SMILES string of the molecule is O=C1c2ccccc2C(=O)c2cc(Cc3ccc(Cc4ccccc4)cc3)ccc21. The molecule has 0 spiro atoms. The van der Waals surface area contributed by atoms with Crippen LogP contribution in [0.15, 0.2) is 97.1 Å². The van der Waals surface area contributed by atoms with Crippen LogP contribution in [0.25, 0.3) is 0 Å². The monoisotopic (exact) mass is 388 g/mol. The summed E-state index contributed by atoms with van der Waals surface area (Å²) in [5.41, 5.74) is 6.79. The van der Waals surface area contributed by atoms with Crippen LogP contribution in [0, 0.1) is 0 Å². The molecule has 144 valence electrons. The largest absolute Gasteiger partial charge is 0.289 e. The fourth-order valence-electron chi connectivity index (χ4n) is 4.10. The van der Waals surface area contributed by atoms with Crippen LogP contribution in [-0.2, 0) is 12.8 Å². The second kappa shape index (κ2) is 7.57. The second-order valence-electron chi connectivity index (χ2n) is 7.74. The molecule has 0 amide bonds. The molecule has 0 N–H and O–H groups in total. The highest BCUT2D eigenvalue weighted by atomic mass is 16.1. The maximum absolute atomic E-state index is 12.9. The zero-order valence-corrected chi connectivity index (χ0v) is 16.5. The molecule has 0 aromatic heterocycles. The Morgan fingerprint density at radius 3 is 1.47 bits per heavy atom. The number of benzene rings is 4. The lowest BCUT2D eigenvalue weighted by molar-refractivity contribution is 0.0979. The fourth-order valence-corrected chi connectivity index (χ4v) is 4.10. The van der Waals surface area contributed by atoms with Crippen molar-refractivity contribution in [1.82, 2.24) is 0 Å². The van der Waals surface area contributed by atoms with Gasteiger partial charge in [-0.1, -0.05) is 91.0 Å². The zero-order chi connectivity index (χ0) is 20.5. The van der Waals surface area contributed by atoms with Gasteiger partial charge in [-0.15, -0.1) is 0 Å². The molecule has 1 aliphatic rings. The van der Waals surface area contributed by atoms with E-state index in [2.05, 4.69) is 48.5 Å². The van der Waals surface area contributed by atoms with E-state index in [1.165, 1.54) is 16.7 Å². The van der Waals surface area contributed by atoms with Crippen molar-refractivity contribution < 1.29 is 9.59 Å². The van der Waals surface area contributed by atoms with Gasteiger partial charge in [-0.25, -0.2) is 0 Å². The quantitative estimate of drug-likeness (QED) is 0.399. The van der Waals surface area contributed by atoms with Crippen LogP contribution in [0.5, 0.6) is 0 Å². The highest BCUT2D eigenvalue weighted by molar-refractivity contribution is 6.28. The molecule has 0 saturated carbocycles. The standard InChI is InChI=1S/C28H20O2/c29-27-23-8-4-5-9-24(23)28(30)26-18-22(14-15-25(26)27)17-21-12-10-20(11-13-21)16-19-6-2-1-3-7-19/h1-15,18H,16-17H2. The third-order valence-corrected chi connectivity index (χ3v) is 5.67. The summed E-state index contributed by atoms with van der Waals surface area (Å²) >= 11 is 0. The Morgan fingerprint density at radius 1 is 0.400 bits per heavy atom. The van der Waals surface area contributed by atoms with Crippen molar-refractivity contribution in [3.8, 4) is 0 Å². The molecule has 0 fully saturated rings. The van der Waals surface area contributed by atoms with Gasteiger partial charge in [0.25, 0.3) is 0 Å². The minimum atomic E-state index is -0.0722. The van der Waals surface area contributed by atoms with E-state index < -0.39 is 0 Å². The van der Waals surface area contributed by atoms with Crippen molar-refractivity contribution >= 4 is 11.6 Å². The molecular formula is C28H20O2. The van der Waals surface area contributed by atoms with E-state index in [0.717, 1.165) is 18.4 Å². The Kier molecular flexibility index (Phi) is 4.61. The van der Waals surface area contributed by atoms with Gasteiger partial charge >= 0.3 is 0 Å². The molecule has 0 aliphatic heterocycles. The Balaban J connectivity index is 1.37. The van der Waals surface area contributed by atoms with Gasteiger partial charge in [-0.3, -0.25) is 9.59 Å². The van der Waals surface area contributed by atoms with Crippen molar-refractivity contribution in [3.05, 3.63) is 142 Å². The smallest absolute Gasteiger partial charge is 0.194 e. The molecule has 0 unspecified atom stereocenters. The number of rotatable bonds is 4. The molecule has 30 heavy (non-hydrogen) atoms. The summed E-state index contributed by atoms with van der Waals surface area (Å²) in [6, 6.07) is 31.7. The Labute approximate surface area is 175 Å². The molecule has 4 aromatic carbocycles. The number of fused-ring (bicyclic) bond motifs is 2. The van der Waals surface area contributed by atoms with Crippen LogP contribution < -0.4 is 0 Å². The second-order valence-corrected chi connectivity index (χ2v) is 7.74. The number of carbonyl (C=O) groups is 2. The fraction of sp³-hybridized carbons (Fsp3) is 0.0714. The lowest BCUT2D eigenvalue weighted by Gasteiger charge is -2.18. The molecule has 0 atom stereocenters. The Morgan fingerprint density at radius 2 is 0.833 bits per heavy atom. The number of hydrogen-bond acceptors (Lipinski definition) is 2. The van der Waals surface area contributed by atoms with E-state index in [1.54, 1.807) is 30.3 Å². The van der Waals surface area contributed by atoms with Gasteiger partial charge in [0.1, 0.15) is 0 Å². The average molecular weight is 388 g/mol. The summed E-state index contributed by atoms with van der Waals surface area (Å²) in [5.74, 6) is -0.141. The topological polar surface area (TPSA) is 34.1 Å².